The number of anilines is 1. The van der Waals surface area contributed by atoms with Crippen LogP contribution < -0.4 is 10.6 Å². The highest BCUT2D eigenvalue weighted by atomic mass is 35.5. The lowest BCUT2D eigenvalue weighted by Gasteiger charge is -2.22. The molecule has 1 fully saturated rings. The highest BCUT2D eigenvalue weighted by Crippen LogP contribution is 2.17. The molecule has 2 N–H and O–H groups in total. The van der Waals surface area contributed by atoms with Gasteiger partial charge in [0.15, 0.2) is 0 Å². The second-order valence-electron chi connectivity index (χ2n) is 4.30. The van der Waals surface area contributed by atoms with E-state index in [1.54, 1.807) is 18.3 Å². The van der Waals surface area contributed by atoms with E-state index < -0.39 is 0 Å². The number of carbonyl (C=O) groups excluding carboxylic acids is 1. The predicted molar refractivity (Wildman–Crippen MR) is 68.3 cm³/mol. The number of rotatable bonds is 2. The molecule has 2 amide bonds. The summed E-state index contributed by atoms with van der Waals surface area (Å²) in [6.45, 7) is 0. The topological polar surface area (TPSA) is 54.0 Å². The van der Waals surface area contributed by atoms with Crippen molar-refractivity contribution in [1.82, 2.24) is 10.3 Å². The van der Waals surface area contributed by atoms with Gasteiger partial charge in [-0.15, -0.1) is 0 Å². The van der Waals surface area contributed by atoms with Crippen LogP contribution in [-0.2, 0) is 0 Å². The third-order valence-electron chi connectivity index (χ3n) is 2.92. The van der Waals surface area contributed by atoms with Crippen LogP contribution in [0.3, 0.4) is 0 Å². The number of halogens is 1. The molecule has 1 aliphatic carbocycles. The van der Waals surface area contributed by atoms with Gasteiger partial charge >= 0.3 is 6.03 Å². The Hall–Kier alpha value is -1.29. The number of pyridine rings is 1. The van der Waals surface area contributed by atoms with Crippen molar-refractivity contribution in [1.29, 1.82) is 0 Å². The first-order chi connectivity index (χ1) is 8.24. The minimum atomic E-state index is -0.167. The Morgan fingerprint density at radius 2 is 2.12 bits per heavy atom. The average Bonchev–Trinajstić information content (AvgIpc) is 2.30. The zero-order valence-corrected chi connectivity index (χ0v) is 10.3. The number of amides is 2. The van der Waals surface area contributed by atoms with Crippen LogP contribution in [0.25, 0.3) is 0 Å². The van der Waals surface area contributed by atoms with Crippen molar-refractivity contribution in [3.8, 4) is 0 Å². The van der Waals surface area contributed by atoms with E-state index in [2.05, 4.69) is 15.6 Å². The third kappa shape index (κ3) is 3.89. The number of hydrogen-bond donors (Lipinski definition) is 2. The monoisotopic (exact) mass is 253 g/mol. The van der Waals surface area contributed by atoms with E-state index >= 15 is 0 Å². The molecular formula is C12H16ClN3O. The van der Waals surface area contributed by atoms with Crippen LogP contribution in [0.1, 0.15) is 32.1 Å². The molecule has 92 valence electrons. The van der Waals surface area contributed by atoms with Crippen LogP contribution in [0.15, 0.2) is 18.3 Å². The quantitative estimate of drug-likeness (QED) is 0.796. The van der Waals surface area contributed by atoms with E-state index in [1.165, 1.54) is 19.3 Å². The highest BCUT2D eigenvalue weighted by Gasteiger charge is 2.15. The molecule has 1 saturated carbocycles. The average molecular weight is 254 g/mol. The van der Waals surface area contributed by atoms with Crippen molar-refractivity contribution in [3.05, 3.63) is 23.5 Å². The van der Waals surface area contributed by atoms with E-state index in [0.717, 1.165) is 12.8 Å². The Morgan fingerprint density at radius 1 is 1.35 bits per heavy atom. The van der Waals surface area contributed by atoms with Gasteiger partial charge in [0.05, 0.1) is 0 Å². The van der Waals surface area contributed by atoms with Crippen molar-refractivity contribution in [2.75, 3.05) is 5.32 Å². The first kappa shape index (κ1) is 12.2. The lowest BCUT2D eigenvalue weighted by Crippen LogP contribution is -2.39. The second kappa shape index (κ2) is 5.87. The molecule has 17 heavy (non-hydrogen) atoms. The molecule has 0 radical (unpaired) electrons. The van der Waals surface area contributed by atoms with E-state index in [4.69, 9.17) is 11.6 Å². The highest BCUT2D eigenvalue weighted by molar-refractivity contribution is 6.29. The van der Waals surface area contributed by atoms with Gasteiger partial charge in [0.2, 0.25) is 0 Å². The van der Waals surface area contributed by atoms with Crippen LogP contribution >= 0.6 is 11.6 Å². The smallest absolute Gasteiger partial charge is 0.319 e. The van der Waals surface area contributed by atoms with Gasteiger partial charge < -0.3 is 10.6 Å². The molecule has 5 heteroatoms. The van der Waals surface area contributed by atoms with Gasteiger partial charge in [0.1, 0.15) is 5.15 Å². The summed E-state index contributed by atoms with van der Waals surface area (Å²) < 4.78 is 0. The number of hydrogen-bond acceptors (Lipinski definition) is 2. The van der Waals surface area contributed by atoms with Crippen LogP contribution in [-0.4, -0.2) is 17.1 Å². The summed E-state index contributed by atoms with van der Waals surface area (Å²) in [7, 11) is 0. The summed E-state index contributed by atoms with van der Waals surface area (Å²) in [6.07, 6.45) is 7.39. The maximum absolute atomic E-state index is 11.7. The molecule has 1 heterocycles. The molecule has 0 aliphatic heterocycles. The van der Waals surface area contributed by atoms with Gasteiger partial charge in [-0.2, -0.15) is 0 Å². The zero-order valence-electron chi connectivity index (χ0n) is 9.58. The minimum Gasteiger partial charge on any atom is -0.335 e. The predicted octanol–water partition coefficient (Wildman–Crippen LogP) is 3.19. The van der Waals surface area contributed by atoms with Crippen molar-refractivity contribution >= 4 is 23.3 Å². The first-order valence-corrected chi connectivity index (χ1v) is 6.31. The summed E-state index contributed by atoms with van der Waals surface area (Å²) >= 11 is 5.74. The largest absolute Gasteiger partial charge is 0.335 e. The molecule has 4 nitrogen and oxygen atoms in total. The number of urea groups is 1. The summed E-state index contributed by atoms with van der Waals surface area (Å²) in [5.74, 6) is 0. The standard InChI is InChI=1S/C12H16ClN3O/c13-11-8-10(6-7-14-11)16-12(17)15-9-4-2-1-3-5-9/h6-9H,1-5H2,(H2,14,15,16,17). The molecule has 0 aromatic carbocycles. The summed E-state index contributed by atoms with van der Waals surface area (Å²) in [5, 5.41) is 6.10. The maximum Gasteiger partial charge on any atom is 0.319 e. The van der Waals surface area contributed by atoms with Crippen molar-refractivity contribution < 1.29 is 4.79 Å². The summed E-state index contributed by atoms with van der Waals surface area (Å²) in [5.41, 5.74) is 0.665. The molecule has 1 aromatic rings. The molecule has 0 bridgehead atoms. The first-order valence-electron chi connectivity index (χ1n) is 5.93. The Bertz CT molecular complexity index is 391. The SMILES string of the molecule is O=C(Nc1ccnc(Cl)c1)NC1CCCCC1. The Labute approximate surface area is 106 Å². The Morgan fingerprint density at radius 3 is 2.82 bits per heavy atom. The van der Waals surface area contributed by atoms with Gasteiger partial charge in [-0.25, -0.2) is 9.78 Å². The van der Waals surface area contributed by atoms with E-state index in [1.807, 2.05) is 0 Å². The van der Waals surface area contributed by atoms with E-state index in [0.29, 0.717) is 16.9 Å². The van der Waals surface area contributed by atoms with Crippen LogP contribution in [0, 0.1) is 0 Å². The van der Waals surface area contributed by atoms with Crippen molar-refractivity contribution in [2.24, 2.45) is 0 Å². The van der Waals surface area contributed by atoms with Crippen LogP contribution in [0.5, 0.6) is 0 Å². The lowest BCUT2D eigenvalue weighted by atomic mass is 9.96. The molecule has 2 rings (SSSR count). The van der Waals surface area contributed by atoms with Crippen molar-refractivity contribution in [3.63, 3.8) is 0 Å². The van der Waals surface area contributed by atoms with E-state index in [9.17, 15) is 4.79 Å². The Balaban J connectivity index is 1.84. The molecule has 1 aromatic heterocycles. The molecule has 0 spiro atoms. The molecule has 0 atom stereocenters. The van der Waals surface area contributed by atoms with Crippen LogP contribution in [0.2, 0.25) is 5.15 Å². The van der Waals surface area contributed by atoms with Gasteiger partial charge in [-0.05, 0) is 25.0 Å². The molecule has 0 unspecified atom stereocenters. The fourth-order valence-corrected chi connectivity index (χ4v) is 2.25. The fourth-order valence-electron chi connectivity index (χ4n) is 2.08. The summed E-state index contributed by atoms with van der Waals surface area (Å²) in [4.78, 5) is 15.6. The van der Waals surface area contributed by atoms with E-state index in [-0.39, 0.29) is 6.03 Å². The number of carbonyl (C=O) groups is 1. The zero-order chi connectivity index (χ0) is 12.1. The third-order valence-corrected chi connectivity index (χ3v) is 3.13. The molecule has 0 saturated heterocycles. The van der Waals surface area contributed by atoms with Gasteiger partial charge in [-0.1, -0.05) is 30.9 Å². The number of nitrogens with one attached hydrogen (secondary N) is 2. The van der Waals surface area contributed by atoms with Crippen molar-refractivity contribution in [2.45, 2.75) is 38.1 Å². The fraction of sp³-hybridized carbons (Fsp3) is 0.500. The molecule has 1 aliphatic rings. The maximum atomic E-state index is 11.7. The second-order valence-corrected chi connectivity index (χ2v) is 4.69. The number of nitrogens with zero attached hydrogens (tertiary/aromatic N) is 1. The Kier molecular flexibility index (Phi) is 4.20. The summed E-state index contributed by atoms with van der Waals surface area (Å²) in [6, 6.07) is 3.48. The van der Waals surface area contributed by atoms with Crippen LogP contribution in [0.4, 0.5) is 10.5 Å². The molecular weight excluding hydrogens is 238 g/mol. The lowest BCUT2D eigenvalue weighted by molar-refractivity contribution is 0.244. The number of aromatic nitrogens is 1. The minimum absolute atomic E-state index is 0.167. The van der Waals surface area contributed by atoms with Gasteiger partial charge in [0.25, 0.3) is 0 Å². The normalized spacial score (nSPS) is 16.5. The van der Waals surface area contributed by atoms with Gasteiger partial charge in [-0.3, -0.25) is 0 Å². The van der Waals surface area contributed by atoms with Gasteiger partial charge in [0, 0.05) is 17.9 Å².